The van der Waals surface area contributed by atoms with Gasteiger partial charge in [0.1, 0.15) is 0 Å². The van der Waals surface area contributed by atoms with Gasteiger partial charge in [-0.2, -0.15) is 0 Å². The molecule has 0 aromatic heterocycles. The predicted octanol–water partition coefficient (Wildman–Crippen LogP) is 0.521. The summed E-state index contributed by atoms with van der Waals surface area (Å²) in [6.45, 7) is 7.84. The van der Waals surface area contributed by atoms with E-state index in [0.29, 0.717) is 6.54 Å². The lowest BCUT2D eigenvalue weighted by molar-refractivity contribution is 0.0510. The quantitative estimate of drug-likeness (QED) is 0.583. The van der Waals surface area contributed by atoms with Crippen LogP contribution in [0.4, 0.5) is 0 Å². The minimum atomic E-state index is -0.528. The van der Waals surface area contributed by atoms with Gasteiger partial charge in [-0.05, 0) is 25.2 Å². The van der Waals surface area contributed by atoms with E-state index in [1.54, 1.807) is 0 Å². The summed E-state index contributed by atoms with van der Waals surface area (Å²) in [5, 5.41) is 13.9. The van der Waals surface area contributed by atoms with Gasteiger partial charge >= 0.3 is 0 Å². The molecule has 6 heteroatoms. The molecule has 1 saturated carbocycles. The lowest BCUT2D eigenvalue weighted by atomic mass is 10.0. The molecule has 0 amide bonds. The molecule has 1 aliphatic carbocycles. The first-order chi connectivity index (χ1) is 11.2. The highest BCUT2D eigenvalue weighted by atomic mass is 16.5. The van der Waals surface area contributed by atoms with E-state index in [1.165, 1.54) is 13.0 Å². The van der Waals surface area contributed by atoms with Gasteiger partial charge in [0, 0.05) is 52.9 Å². The minimum Gasteiger partial charge on any atom is -0.388 e. The van der Waals surface area contributed by atoms with Gasteiger partial charge in [0.25, 0.3) is 0 Å². The molecule has 0 aromatic carbocycles. The van der Waals surface area contributed by atoms with E-state index in [2.05, 4.69) is 20.1 Å². The highest BCUT2D eigenvalue weighted by Crippen LogP contribution is 2.28. The maximum absolute atomic E-state index is 10.5. The van der Waals surface area contributed by atoms with Crippen LogP contribution in [0.15, 0.2) is 4.99 Å². The Morgan fingerprint density at radius 1 is 1.26 bits per heavy atom. The SMILES string of the molecule is CN=C(NCC1(O)CCCC1)N1CCN(CC2CCOC2)CC1. The van der Waals surface area contributed by atoms with Crippen molar-refractivity contribution in [1.29, 1.82) is 0 Å². The van der Waals surface area contributed by atoms with Gasteiger partial charge in [-0.15, -0.1) is 0 Å². The summed E-state index contributed by atoms with van der Waals surface area (Å²) in [4.78, 5) is 9.28. The largest absolute Gasteiger partial charge is 0.388 e. The second kappa shape index (κ2) is 7.81. The zero-order valence-corrected chi connectivity index (χ0v) is 14.5. The van der Waals surface area contributed by atoms with Gasteiger partial charge in [-0.1, -0.05) is 12.8 Å². The van der Waals surface area contributed by atoms with E-state index in [0.717, 1.165) is 77.0 Å². The molecule has 0 spiro atoms. The summed E-state index contributed by atoms with van der Waals surface area (Å²) in [6, 6.07) is 0. The molecule has 2 aliphatic heterocycles. The zero-order chi connectivity index (χ0) is 16.1. The molecule has 6 nitrogen and oxygen atoms in total. The Bertz CT molecular complexity index is 395. The van der Waals surface area contributed by atoms with Crippen molar-refractivity contribution in [2.45, 2.75) is 37.7 Å². The smallest absolute Gasteiger partial charge is 0.193 e. The number of rotatable bonds is 4. The lowest BCUT2D eigenvalue weighted by Crippen LogP contribution is -2.55. The fraction of sp³-hybridized carbons (Fsp3) is 0.941. The van der Waals surface area contributed by atoms with Gasteiger partial charge in [-0.25, -0.2) is 0 Å². The average molecular weight is 324 g/mol. The maximum Gasteiger partial charge on any atom is 0.193 e. The van der Waals surface area contributed by atoms with Crippen molar-refractivity contribution < 1.29 is 9.84 Å². The van der Waals surface area contributed by atoms with E-state index in [4.69, 9.17) is 4.74 Å². The number of nitrogens with one attached hydrogen (secondary N) is 1. The molecule has 3 fully saturated rings. The molecule has 0 aromatic rings. The molecule has 1 atom stereocenters. The second-order valence-corrected chi connectivity index (χ2v) is 7.35. The van der Waals surface area contributed by atoms with Crippen molar-refractivity contribution in [2.75, 3.05) is 59.5 Å². The summed E-state index contributed by atoms with van der Waals surface area (Å²) < 4.78 is 5.48. The first-order valence-corrected chi connectivity index (χ1v) is 9.17. The fourth-order valence-corrected chi connectivity index (χ4v) is 4.02. The van der Waals surface area contributed by atoms with Gasteiger partial charge in [0.05, 0.1) is 12.2 Å². The summed E-state index contributed by atoms with van der Waals surface area (Å²) in [5.74, 6) is 1.66. The first kappa shape index (κ1) is 17.0. The third kappa shape index (κ3) is 4.58. The average Bonchev–Trinajstić information content (AvgIpc) is 3.22. The van der Waals surface area contributed by atoms with Crippen molar-refractivity contribution in [1.82, 2.24) is 15.1 Å². The van der Waals surface area contributed by atoms with E-state index in [-0.39, 0.29) is 0 Å². The Labute approximate surface area is 139 Å². The molecule has 2 heterocycles. The van der Waals surface area contributed by atoms with Crippen molar-refractivity contribution in [3.8, 4) is 0 Å². The first-order valence-electron chi connectivity index (χ1n) is 9.17. The zero-order valence-electron chi connectivity index (χ0n) is 14.5. The van der Waals surface area contributed by atoms with Gasteiger partial charge in [0.15, 0.2) is 5.96 Å². The van der Waals surface area contributed by atoms with Gasteiger partial charge < -0.3 is 20.1 Å². The molecule has 3 aliphatic rings. The third-order valence-corrected chi connectivity index (χ3v) is 5.53. The number of hydrogen-bond acceptors (Lipinski definition) is 4. The van der Waals surface area contributed by atoms with Crippen LogP contribution in [-0.4, -0.2) is 86.0 Å². The molecule has 2 saturated heterocycles. The highest BCUT2D eigenvalue weighted by Gasteiger charge is 2.32. The van der Waals surface area contributed by atoms with Crippen LogP contribution in [0.25, 0.3) is 0 Å². The van der Waals surface area contributed by atoms with E-state index in [9.17, 15) is 5.11 Å². The van der Waals surface area contributed by atoms with E-state index < -0.39 is 5.60 Å². The summed E-state index contributed by atoms with van der Waals surface area (Å²) in [6.07, 6.45) is 5.31. The molecular weight excluding hydrogens is 292 g/mol. The fourth-order valence-electron chi connectivity index (χ4n) is 4.02. The van der Waals surface area contributed by atoms with Gasteiger partial charge in [0.2, 0.25) is 0 Å². The third-order valence-electron chi connectivity index (χ3n) is 5.53. The van der Waals surface area contributed by atoms with Crippen molar-refractivity contribution in [3.05, 3.63) is 0 Å². The van der Waals surface area contributed by atoms with Crippen LogP contribution < -0.4 is 5.32 Å². The summed E-state index contributed by atoms with van der Waals surface area (Å²) >= 11 is 0. The molecule has 1 unspecified atom stereocenters. The Morgan fingerprint density at radius 2 is 2.00 bits per heavy atom. The summed E-state index contributed by atoms with van der Waals surface area (Å²) in [5.41, 5.74) is -0.528. The molecular formula is C17H32N4O2. The van der Waals surface area contributed by atoms with Crippen molar-refractivity contribution in [2.24, 2.45) is 10.9 Å². The Balaban J connectivity index is 1.41. The Kier molecular flexibility index (Phi) is 5.77. The van der Waals surface area contributed by atoms with Crippen molar-refractivity contribution >= 4 is 5.96 Å². The van der Waals surface area contributed by atoms with Crippen LogP contribution in [-0.2, 0) is 4.74 Å². The summed E-state index contributed by atoms with van der Waals surface area (Å²) in [7, 11) is 1.84. The maximum atomic E-state index is 10.5. The predicted molar refractivity (Wildman–Crippen MR) is 91.7 cm³/mol. The molecule has 2 N–H and O–H groups in total. The van der Waals surface area contributed by atoms with Crippen LogP contribution in [0.2, 0.25) is 0 Å². The van der Waals surface area contributed by atoms with E-state index in [1.807, 2.05) is 7.05 Å². The molecule has 23 heavy (non-hydrogen) atoms. The van der Waals surface area contributed by atoms with Crippen LogP contribution in [0.1, 0.15) is 32.1 Å². The molecule has 0 bridgehead atoms. The van der Waals surface area contributed by atoms with Gasteiger partial charge in [-0.3, -0.25) is 9.89 Å². The number of aliphatic hydroxyl groups is 1. The molecule has 0 radical (unpaired) electrons. The Hall–Kier alpha value is -0.850. The molecule has 3 rings (SSSR count). The van der Waals surface area contributed by atoms with Crippen LogP contribution in [0.5, 0.6) is 0 Å². The standard InChI is InChI=1S/C17H32N4O2/c1-18-16(19-14-17(22)5-2-3-6-17)21-9-7-20(8-10-21)12-15-4-11-23-13-15/h15,22H,2-14H2,1H3,(H,18,19). The normalized spacial score (nSPS) is 29.2. The number of piperazine rings is 1. The monoisotopic (exact) mass is 324 g/mol. The number of ether oxygens (including phenoxy) is 1. The van der Waals surface area contributed by atoms with Crippen LogP contribution in [0.3, 0.4) is 0 Å². The topological polar surface area (TPSA) is 60.3 Å². The number of hydrogen-bond donors (Lipinski definition) is 2. The van der Waals surface area contributed by atoms with Crippen molar-refractivity contribution in [3.63, 3.8) is 0 Å². The van der Waals surface area contributed by atoms with Crippen LogP contribution in [0, 0.1) is 5.92 Å². The minimum absolute atomic E-state index is 0.528. The Morgan fingerprint density at radius 3 is 2.61 bits per heavy atom. The number of guanidine groups is 1. The molecule has 132 valence electrons. The second-order valence-electron chi connectivity index (χ2n) is 7.35. The highest BCUT2D eigenvalue weighted by molar-refractivity contribution is 5.80. The van der Waals surface area contributed by atoms with E-state index >= 15 is 0 Å². The number of nitrogens with zero attached hydrogens (tertiary/aromatic N) is 3. The lowest BCUT2D eigenvalue weighted by Gasteiger charge is -2.38. The van der Waals surface area contributed by atoms with Crippen LogP contribution >= 0.6 is 0 Å². The number of aliphatic imine (C=N–C) groups is 1.